The maximum absolute atomic E-state index is 13.1. The largest absolute Gasteiger partial charge is 0.382 e. The SMILES string of the molecule is C=CCC(CC)CCNC(=O)N1CCC[C@@H](c2nc(-c3ccc(C(=O)Nc4cc(C5CC5)ccn4)cc3)c3c(N)nccn23)C1. The molecule has 0 spiro atoms. The number of carbonyl (C=O) groups is 2. The number of nitrogens with one attached hydrogen (secondary N) is 2. The molecule has 234 valence electrons. The van der Waals surface area contributed by atoms with Gasteiger partial charge in [0.05, 0.1) is 0 Å². The molecule has 4 heterocycles. The van der Waals surface area contributed by atoms with E-state index >= 15 is 0 Å². The molecule has 4 N–H and O–H groups in total. The number of nitrogens with two attached hydrogens (primary N) is 1. The molecule has 1 saturated heterocycles. The second-order valence-electron chi connectivity index (χ2n) is 12.2. The Bertz CT molecular complexity index is 1680. The minimum absolute atomic E-state index is 0.0289. The van der Waals surface area contributed by atoms with Crippen LogP contribution in [0.5, 0.6) is 0 Å². The fourth-order valence-corrected chi connectivity index (χ4v) is 6.32. The van der Waals surface area contributed by atoms with E-state index in [1.54, 1.807) is 24.5 Å². The van der Waals surface area contributed by atoms with E-state index in [1.807, 2.05) is 45.8 Å². The second-order valence-corrected chi connectivity index (χ2v) is 12.2. The molecule has 3 aromatic heterocycles. The first-order valence-electron chi connectivity index (χ1n) is 16.1. The summed E-state index contributed by atoms with van der Waals surface area (Å²) in [5.41, 5.74) is 10.4. The molecule has 1 aromatic carbocycles. The van der Waals surface area contributed by atoms with Crippen LogP contribution in [-0.2, 0) is 0 Å². The van der Waals surface area contributed by atoms with E-state index in [0.29, 0.717) is 47.8 Å². The summed E-state index contributed by atoms with van der Waals surface area (Å²) in [4.78, 5) is 41.8. The second kappa shape index (κ2) is 13.5. The fraction of sp³-hybridized carbons (Fsp3) is 0.400. The number of fused-ring (bicyclic) bond motifs is 1. The Balaban J connectivity index is 1.17. The van der Waals surface area contributed by atoms with Crippen molar-refractivity contribution in [2.45, 2.75) is 63.7 Å². The lowest BCUT2D eigenvalue weighted by Gasteiger charge is -2.32. The van der Waals surface area contributed by atoms with Crippen LogP contribution in [0.15, 0.2) is 67.6 Å². The average Bonchev–Trinajstić information content (AvgIpc) is 3.85. The van der Waals surface area contributed by atoms with Gasteiger partial charge in [0.2, 0.25) is 0 Å². The van der Waals surface area contributed by atoms with Crippen molar-refractivity contribution in [1.29, 1.82) is 0 Å². The maximum Gasteiger partial charge on any atom is 0.317 e. The van der Waals surface area contributed by atoms with Crippen molar-refractivity contribution < 1.29 is 9.59 Å². The van der Waals surface area contributed by atoms with Crippen molar-refractivity contribution in [3.8, 4) is 11.3 Å². The lowest BCUT2D eigenvalue weighted by molar-refractivity contribution is 0.102. The van der Waals surface area contributed by atoms with Gasteiger partial charge in [-0.15, -0.1) is 6.58 Å². The maximum atomic E-state index is 13.1. The van der Waals surface area contributed by atoms with Gasteiger partial charge in [0.25, 0.3) is 5.91 Å². The zero-order valence-electron chi connectivity index (χ0n) is 25.9. The first-order chi connectivity index (χ1) is 21.9. The van der Waals surface area contributed by atoms with E-state index < -0.39 is 0 Å². The highest BCUT2D eigenvalue weighted by Crippen LogP contribution is 2.40. The number of allylic oxidation sites excluding steroid dienone is 1. The molecule has 0 radical (unpaired) electrons. The lowest BCUT2D eigenvalue weighted by atomic mass is 9.97. The number of pyridine rings is 1. The summed E-state index contributed by atoms with van der Waals surface area (Å²) in [6.07, 6.45) is 14.4. The lowest BCUT2D eigenvalue weighted by Crippen LogP contribution is -2.45. The highest BCUT2D eigenvalue weighted by atomic mass is 16.2. The first kappa shape index (κ1) is 30.3. The molecule has 1 aliphatic heterocycles. The topological polar surface area (TPSA) is 131 Å². The summed E-state index contributed by atoms with van der Waals surface area (Å²) in [5.74, 6) is 2.74. The van der Waals surface area contributed by atoms with E-state index in [2.05, 4.69) is 34.1 Å². The zero-order valence-corrected chi connectivity index (χ0v) is 25.9. The summed E-state index contributed by atoms with van der Waals surface area (Å²) < 4.78 is 2.00. The molecule has 2 fully saturated rings. The van der Waals surface area contributed by atoms with Crippen LogP contribution >= 0.6 is 0 Å². The highest BCUT2D eigenvalue weighted by molar-refractivity contribution is 6.04. The standard InChI is InChI=1S/C35H42N8O2/c1-3-6-23(4-2)14-16-39-35(45)42-19-5-7-28(22-42)33-41-30(31-32(36)38-18-20-43(31)33)25-10-12-26(13-11-25)34(44)40-29-21-27(15-17-37-29)24-8-9-24/h3,10-13,15,17-18,20-21,23-24,28H,1,4-9,14,16,19,22H2,2H3,(H2,36,38)(H,39,45)(H,37,40,44)/t23?,28-/m1/s1. The van der Waals surface area contributed by atoms with Crippen LogP contribution in [0.25, 0.3) is 16.8 Å². The van der Waals surface area contributed by atoms with Crippen molar-refractivity contribution in [2.24, 2.45) is 5.92 Å². The molecule has 4 aromatic rings. The molecule has 10 heteroatoms. The molecular formula is C35H42N8O2. The molecule has 6 rings (SSSR count). The Morgan fingerprint density at radius 2 is 1.93 bits per heavy atom. The van der Waals surface area contributed by atoms with Crippen LogP contribution in [0.1, 0.15) is 85.5 Å². The predicted molar refractivity (Wildman–Crippen MR) is 177 cm³/mol. The van der Waals surface area contributed by atoms with Gasteiger partial charge < -0.3 is 21.3 Å². The van der Waals surface area contributed by atoms with Gasteiger partial charge in [0, 0.05) is 55.3 Å². The van der Waals surface area contributed by atoms with Crippen LogP contribution in [-0.4, -0.2) is 55.8 Å². The van der Waals surface area contributed by atoms with Gasteiger partial charge in [-0.1, -0.05) is 31.6 Å². The van der Waals surface area contributed by atoms with Crippen molar-refractivity contribution in [2.75, 3.05) is 30.7 Å². The quantitative estimate of drug-likeness (QED) is 0.170. The Morgan fingerprint density at radius 1 is 1.11 bits per heavy atom. The Hall–Kier alpha value is -4.73. The molecule has 45 heavy (non-hydrogen) atoms. The van der Waals surface area contributed by atoms with Gasteiger partial charge in [0.1, 0.15) is 28.7 Å². The normalized spacial score (nSPS) is 17.2. The third-order valence-electron chi connectivity index (χ3n) is 9.09. The van der Waals surface area contributed by atoms with Crippen molar-refractivity contribution in [3.05, 3.63) is 84.6 Å². The minimum Gasteiger partial charge on any atom is -0.382 e. The van der Waals surface area contributed by atoms with Crippen molar-refractivity contribution >= 4 is 29.1 Å². The number of benzene rings is 1. The molecule has 10 nitrogen and oxygen atoms in total. The monoisotopic (exact) mass is 606 g/mol. The molecule has 1 saturated carbocycles. The number of urea groups is 1. The van der Waals surface area contributed by atoms with Crippen LogP contribution < -0.4 is 16.4 Å². The molecule has 3 amide bonds. The number of hydrogen-bond acceptors (Lipinski definition) is 6. The molecular weight excluding hydrogens is 564 g/mol. The van der Waals surface area contributed by atoms with Crippen LogP contribution in [0.4, 0.5) is 16.4 Å². The van der Waals surface area contributed by atoms with E-state index in [-0.39, 0.29) is 17.9 Å². The molecule has 2 aliphatic rings. The summed E-state index contributed by atoms with van der Waals surface area (Å²) in [5, 5.41) is 6.05. The van der Waals surface area contributed by atoms with E-state index in [0.717, 1.165) is 55.6 Å². The summed E-state index contributed by atoms with van der Waals surface area (Å²) in [6.45, 7) is 7.97. The molecule has 1 aliphatic carbocycles. The number of rotatable bonds is 11. The Labute approximate surface area is 264 Å². The number of anilines is 2. The summed E-state index contributed by atoms with van der Waals surface area (Å²) >= 11 is 0. The van der Waals surface area contributed by atoms with Crippen molar-refractivity contribution in [3.63, 3.8) is 0 Å². The van der Waals surface area contributed by atoms with Gasteiger partial charge >= 0.3 is 6.03 Å². The van der Waals surface area contributed by atoms with Gasteiger partial charge in [0.15, 0.2) is 0 Å². The van der Waals surface area contributed by atoms with Crippen LogP contribution in [0.3, 0.4) is 0 Å². The highest BCUT2D eigenvalue weighted by Gasteiger charge is 2.29. The Kier molecular flexibility index (Phi) is 9.09. The number of likely N-dealkylation sites (tertiary alicyclic amines) is 1. The third-order valence-corrected chi connectivity index (χ3v) is 9.09. The fourth-order valence-electron chi connectivity index (χ4n) is 6.32. The number of piperidine rings is 1. The first-order valence-corrected chi connectivity index (χ1v) is 16.1. The van der Waals surface area contributed by atoms with E-state index in [9.17, 15) is 9.59 Å². The van der Waals surface area contributed by atoms with Gasteiger partial charge in [-0.3, -0.25) is 9.20 Å². The number of nitrogens with zero attached hydrogens (tertiary/aromatic N) is 5. The summed E-state index contributed by atoms with van der Waals surface area (Å²) in [6, 6.07) is 11.3. The zero-order chi connectivity index (χ0) is 31.3. The van der Waals surface area contributed by atoms with E-state index in [1.165, 1.54) is 18.4 Å². The summed E-state index contributed by atoms with van der Waals surface area (Å²) in [7, 11) is 0. The number of imidazole rings is 1. The smallest absolute Gasteiger partial charge is 0.317 e. The van der Waals surface area contributed by atoms with Crippen LogP contribution in [0.2, 0.25) is 0 Å². The molecule has 0 bridgehead atoms. The average molecular weight is 607 g/mol. The van der Waals surface area contributed by atoms with Gasteiger partial charge in [-0.2, -0.15) is 0 Å². The number of amides is 3. The van der Waals surface area contributed by atoms with E-state index in [4.69, 9.17) is 10.7 Å². The molecule has 1 unspecified atom stereocenters. The predicted octanol–water partition coefficient (Wildman–Crippen LogP) is 6.38. The van der Waals surface area contributed by atoms with Crippen LogP contribution in [0, 0.1) is 5.92 Å². The number of aromatic nitrogens is 4. The third kappa shape index (κ3) is 6.84. The number of carbonyl (C=O) groups excluding carboxylic acids is 2. The molecule has 2 atom stereocenters. The van der Waals surface area contributed by atoms with Gasteiger partial charge in [-0.25, -0.2) is 19.7 Å². The van der Waals surface area contributed by atoms with Crippen molar-refractivity contribution in [1.82, 2.24) is 29.6 Å². The van der Waals surface area contributed by atoms with Gasteiger partial charge in [-0.05, 0) is 80.2 Å². The number of nitrogen functional groups attached to an aromatic ring is 1. The Morgan fingerprint density at radius 3 is 2.69 bits per heavy atom. The minimum atomic E-state index is -0.218. The number of hydrogen-bond donors (Lipinski definition) is 3.